The minimum absolute atomic E-state index is 0.0407. The molecular formula is C29H23NOS. The molecule has 0 unspecified atom stereocenters. The average molecular weight is 434 g/mol. The Morgan fingerprint density at radius 2 is 1.66 bits per heavy atom. The van der Waals surface area contributed by atoms with Crippen LogP contribution in [-0.4, -0.2) is 4.98 Å². The zero-order valence-corrected chi connectivity index (χ0v) is 19.2. The Morgan fingerprint density at radius 1 is 0.812 bits per heavy atom. The minimum Gasteiger partial charge on any atom is -0.464 e. The molecule has 0 aliphatic carbocycles. The first-order chi connectivity index (χ1) is 15.5. The zero-order valence-electron chi connectivity index (χ0n) is 18.3. The molecule has 0 atom stereocenters. The molecule has 32 heavy (non-hydrogen) atoms. The van der Waals surface area contributed by atoms with Gasteiger partial charge in [-0.3, -0.25) is 4.98 Å². The van der Waals surface area contributed by atoms with Crippen LogP contribution in [0.1, 0.15) is 26.3 Å². The van der Waals surface area contributed by atoms with E-state index in [1.54, 1.807) is 17.6 Å². The first-order valence-electron chi connectivity index (χ1n) is 10.9. The van der Waals surface area contributed by atoms with E-state index in [2.05, 4.69) is 87.5 Å². The van der Waals surface area contributed by atoms with Gasteiger partial charge in [0.05, 0.1) is 16.7 Å². The first-order valence-corrected chi connectivity index (χ1v) is 11.7. The third kappa shape index (κ3) is 3.04. The molecule has 0 amide bonds. The van der Waals surface area contributed by atoms with Crippen molar-refractivity contribution in [3.8, 4) is 21.7 Å². The standard InChI is InChI=1S/C29H23NOS/c1-29(2,3)24-16-21(15-19-7-4-5-9-22(19)24)26-28-20(11-13-30-26)17-25(32-28)23-10-6-8-18-12-14-31-27(18)23/h4-17H,1-3H3. The van der Waals surface area contributed by atoms with E-state index in [1.807, 2.05) is 12.3 Å². The Kier molecular flexibility index (Phi) is 4.24. The van der Waals surface area contributed by atoms with Crippen LogP contribution in [-0.2, 0) is 5.41 Å². The molecule has 0 bridgehead atoms. The molecule has 0 saturated carbocycles. The summed E-state index contributed by atoms with van der Waals surface area (Å²) in [5, 5.41) is 4.91. The summed E-state index contributed by atoms with van der Waals surface area (Å²) in [7, 11) is 0. The minimum atomic E-state index is 0.0407. The van der Waals surface area contributed by atoms with Gasteiger partial charge in [0.1, 0.15) is 5.58 Å². The molecule has 0 saturated heterocycles. The molecule has 0 N–H and O–H groups in total. The van der Waals surface area contributed by atoms with Crippen molar-refractivity contribution < 1.29 is 4.42 Å². The van der Waals surface area contributed by atoms with E-state index in [-0.39, 0.29) is 5.41 Å². The lowest BCUT2D eigenvalue weighted by atomic mass is 9.82. The fraction of sp³-hybridized carbons (Fsp3) is 0.138. The molecule has 156 valence electrons. The fourth-order valence-corrected chi connectivity index (χ4v) is 5.75. The monoisotopic (exact) mass is 433 g/mol. The van der Waals surface area contributed by atoms with Crippen LogP contribution in [0.2, 0.25) is 0 Å². The van der Waals surface area contributed by atoms with Gasteiger partial charge in [-0.2, -0.15) is 0 Å². The second-order valence-corrected chi connectivity index (χ2v) is 10.4. The highest BCUT2D eigenvalue weighted by Gasteiger charge is 2.20. The number of aromatic nitrogens is 1. The molecule has 3 aromatic heterocycles. The van der Waals surface area contributed by atoms with Crippen LogP contribution in [0.4, 0.5) is 0 Å². The number of rotatable bonds is 2. The van der Waals surface area contributed by atoms with Crippen LogP contribution >= 0.6 is 11.3 Å². The maximum absolute atomic E-state index is 5.81. The molecule has 3 aromatic carbocycles. The summed E-state index contributed by atoms with van der Waals surface area (Å²) in [5.41, 5.74) is 5.67. The number of fused-ring (bicyclic) bond motifs is 3. The van der Waals surface area contributed by atoms with Gasteiger partial charge >= 0.3 is 0 Å². The first kappa shape index (κ1) is 19.3. The van der Waals surface area contributed by atoms with Crippen LogP contribution in [0, 0.1) is 0 Å². The normalized spacial score (nSPS) is 12.2. The van der Waals surface area contributed by atoms with Crippen molar-refractivity contribution in [2.24, 2.45) is 0 Å². The molecule has 0 spiro atoms. The molecule has 6 aromatic rings. The Bertz CT molecular complexity index is 1610. The zero-order chi connectivity index (χ0) is 21.9. The Labute approximate surface area is 191 Å². The molecule has 0 aliphatic rings. The highest BCUT2D eigenvalue weighted by atomic mass is 32.1. The Hall–Kier alpha value is -3.43. The van der Waals surface area contributed by atoms with E-state index in [0.29, 0.717) is 0 Å². The van der Waals surface area contributed by atoms with Gasteiger partial charge < -0.3 is 4.42 Å². The van der Waals surface area contributed by atoms with Gasteiger partial charge in [0.15, 0.2) is 0 Å². The van der Waals surface area contributed by atoms with Crippen LogP contribution in [0.25, 0.3) is 53.5 Å². The van der Waals surface area contributed by atoms with Gasteiger partial charge in [0.2, 0.25) is 0 Å². The van der Waals surface area contributed by atoms with E-state index in [9.17, 15) is 0 Å². The topological polar surface area (TPSA) is 26.0 Å². The highest BCUT2D eigenvalue weighted by Crippen LogP contribution is 2.42. The number of hydrogen-bond acceptors (Lipinski definition) is 3. The number of benzene rings is 3. The van der Waals surface area contributed by atoms with Crippen molar-refractivity contribution in [3.05, 3.63) is 90.8 Å². The van der Waals surface area contributed by atoms with E-state index in [1.165, 1.54) is 36.9 Å². The van der Waals surface area contributed by atoms with Crippen LogP contribution in [0.15, 0.2) is 89.7 Å². The highest BCUT2D eigenvalue weighted by molar-refractivity contribution is 7.22. The lowest BCUT2D eigenvalue weighted by Crippen LogP contribution is -2.12. The molecule has 0 radical (unpaired) electrons. The van der Waals surface area contributed by atoms with E-state index in [4.69, 9.17) is 9.40 Å². The second kappa shape index (κ2) is 7.04. The Morgan fingerprint density at radius 3 is 2.53 bits per heavy atom. The van der Waals surface area contributed by atoms with E-state index >= 15 is 0 Å². The number of thiophene rings is 1. The lowest BCUT2D eigenvalue weighted by molar-refractivity contribution is 0.596. The predicted molar refractivity (Wildman–Crippen MR) is 136 cm³/mol. The summed E-state index contributed by atoms with van der Waals surface area (Å²) in [5.74, 6) is 0. The predicted octanol–water partition coefficient (Wildman–Crippen LogP) is 8.83. The maximum Gasteiger partial charge on any atom is 0.142 e. The van der Waals surface area contributed by atoms with Crippen molar-refractivity contribution in [3.63, 3.8) is 0 Å². The smallest absolute Gasteiger partial charge is 0.142 e. The molecule has 0 fully saturated rings. The summed E-state index contributed by atoms with van der Waals surface area (Å²) in [6, 6.07) is 26.0. The van der Waals surface area contributed by atoms with Gasteiger partial charge in [-0.05, 0) is 63.5 Å². The van der Waals surface area contributed by atoms with Crippen LogP contribution < -0.4 is 0 Å². The maximum atomic E-state index is 5.81. The fourth-order valence-electron chi connectivity index (χ4n) is 4.56. The van der Waals surface area contributed by atoms with Crippen LogP contribution in [0.5, 0.6) is 0 Å². The van der Waals surface area contributed by atoms with Crippen LogP contribution in [0.3, 0.4) is 0 Å². The number of furan rings is 1. The number of nitrogens with zero attached hydrogens (tertiary/aromatic N) is 1. The molecule has 6 rings (SSSR count). The van der Waals surface area contributed by atoms with Gasteiger partial charge in [-0.1, -0.05) is 57.2 Å². The summed E-state index contributed by atoms with van der Waals surface area (Å²) in [6.07, 6.45) is 3.69. The molecule has 3 heterocycles. The van der Waals surface area contributed by atoms with Crippen molar-refractivity contribution in [2.45, 2.75) is 26.2 Å². The lowest BCUT2D eigenvalue weighted by Gasteiger charge is -2.22. The number of pyridine rings is 1. The van der Waals surface area contributed by atoms with E-state index < -0.39 is 0 Å². The van der Waals surface area contributed by atoms with Crippen molar-refractivity contribution in [2.75, 3.05) is 0 Å². The third-order valence-electron chi connectivity index (χ3n) is 6.12. The SMILES string of the molecule is CC(C)(C)c1cc(-c2nccc3cc(-c4cccc5ccoc45)sc23)cc2ccccc12. The van der Waals surface area contributed by atoms with E-state index in [0.717, 1.165) is 22.2 Å². The van der Waals surface area contributed by atoms with Crippen molar-refractivity contribution >= 4 is 43.2 Å². The van der Waals surface area contributed by atoms with Crippen molar-refractivity contribution in [1.82, 2.24) is 4.98 Å². The molecule has 2 nitrogen and oxygen atoms in total. The molecule has 0 aliphatic heterocycles. The summed E-state index contributed by atoms with van der Waals surface area (Å²) >= 11 is 1.79. The van der Waals surface area contributed by atoms with Gasteiger partial charge in [-0.25, -0.2) is 0 Å². The summed E-state index contributed by atoms with van der Waals surface area (Å²) < 4.78 is 7.02. The van der Waals surface area contributed by atoms with Crippen molar-refractivity contribution in [1.29, 1.82) is 0 Å². The third-order valence-corrected chi connectivity index (χ3v) is 7.31. The summed E-state index contributed by atoms with van der Waals surface area (Å²) in [4.78, 5) is 6.05. The van der Waals surface area contributed by atoms with Gasteiger partial charge in [-0.15, -0.1) is 11.3 Å². The number of hydrogen-bond donors (Lipinski definition) is 0. The quantitative estimate of drug-likeness (QED) is 0.273. The average Bonchev–Trinajstić information content (AvgIpc) is 3.44. The molecular weight excluding hydrogens is 410 g/mol. The second-order valence-electron chi connectivity index (χ2n) is 9.33. The summed E-state index contributed by atoms with van der Waals surface area (Å²) in [6.45, 7) is 6.83. The molecule has 3 heteroatoms. The van der Waals surface area contributed by atoms with Gasteiger partial charge in [0.25, 0.3) is 0 Å². The Balaban J connectivity index is 1.60. The number of para-hydroxylation sites is 1. The van der Waals surface area contributed by atoms with Gasteiger partial charge in [0, 0.05) is 27.6 Å². The largest absolute Gasteiger partial charge is 0.464 e.